The van der Waals surface area contributed by atoms with Crippen LogP contribution in [-0.2, 0) is 0 Å². The molecule has 0 radical (unpaired) electrons. The molecule has 0 nitrogen and oxygen atoms in total. The molecule has 0 N–H and O–H groups in total. The minimum atomic E-state index is 0. The van der Waals surface area contributed by atoms with Crippen LogP contribution in [-0.4, -0.2) is 0 Å². The van der Waals surface area contributed by atoms with E-state index in [4.69, 9.17) is 11.6 Å². The van der Waals surface area contributed by atoms with Gasteiger partial charge in [-0.25, -0.2) is 0 Å². The van der Waals surface area contributed by atoms with Gasteiger partial charge in [-0.05, 0) is 12.1 Å². The van der Waals surface area contributed by atoms with E-state index < -0.39 is 0 Å². The van der Waals surface area contributed by atoms with Crippen molar-refractivity contribution < 1.29 is 0 Å². The summed E-state index contributed by atoms with van der Waals surface area (Å²) in [5, 5.41) is 0.794. The summed E-state index contributed by atoms with van der Waals surface area (Å²) >= 11 is 5.54. The fraction of sp³-hybridized carbons (Fsp3) is 0. The van der Waals surface area contributed by atoms with Gasteiger partial charge in [0, 0.05) is 5.02 Å². The Morgan fingerprint density at radius 2 is 1.20 bits per heavy atom. The third kappa shape index (κ3) is 6.50. The van der Waals surface area contributed by atoms with E-state index in [1.165, 1.54) is 0 Å². The summed E-state index contributed by atoms with van der Waals surface area (Å²) in [6.07, 6.45) is 0. The number of rotatable bonds is 0. The lowest BCUT2D eigenvalue weighted by Crippen LogP contribution is -1.55. The summed E-state index contributed by atoms with van der Waals surface area (Å²) in [5.41, 5.74) is 0. The van der Waals surface area contributed by atoms with Crippen LogP contribution in [0.3, 0.4) is 0 Å². The van der Waals surface area contributed by atoms with Crippen molar-refractivity contribution in [3.05, 3.63) is 35.4 Å². The van der Waals surface area contributed by atoms with Crippen LogP contribution in [0.15, 0.2) is 30.3 Å². The number of halogens is 4. The van der Waals surface area contributed by atoms with Gasteiger partial charge in [-0.1, -0.05) is 29.8 Å². The van der Waals surface area contributed by atoms with Gasteiger partial charge in [-0.3, -0.25) is 0 Å². The summed E-state index contributed by atoms with van der Waals surface area (Å²) in [4.78, 5) is 0. The van der Waals surface area contributed by atoms with Gasteiger partial charge in [0.25, 0.3) is 0 Å². The molecule has 0 saturated heterocycles. The summed E-state index contributed by atoms with van der Waals surface area (Å²) in [6, 6.07) is 9.44. The first kappa shape index (κ1) is 16.8. The molecule has 1 aromatic carbocycles. The Labute approximate surface area is 84.2 Å². The highest BCUT2D eigenvalue weighted by Gasteiger charge is 1.74. The van der Waals surface area contributed by atoms with E-state index in [2.05, 4.69) is 0 Å². The van der Waals surface area contributed by atoms with Crippen LogP contribution in [0.2, 0.25) is 5.02 Å². The van der Waals surface area contributed by atoms with Gasteiger partial charge in [0.1, 0.15) is 0 Å². The third-order valence-electron chi connectivity index (χ3n) is 0.733. The SMILES string of the molecule is Cl.Cl.Cl.Clc1ccccc1. The maximum absolute atomic E-state index is 5.54. The molecule has 1 rings (SSSR count). The molecular weight excluding hydrogens is 214 g/mol. The molecule has 0 aliphatic carbocycles. The predicted octanol–water partition coefficient (Wildman–Crippen LogP) is 3.61. The molecule has 0 heterocycles. The zero-order chi connectivity index (χ0) is 5.11. The molecule has 0 aliphatic heterocycles. The standard InChI is InChI=1S/C6H5Cl.3ClH/c7-6-4-2-1-3-5-6;;;/h1-5H;3*1H. The lowest BCUT2D eigenvalue weighted by molar-refractivity contribution is 1.71. The minimum absolute atomic E-state index is 0. The fourth-order valence-electron chi connectivity index (χ4n) is 0.415. The van der Waals surface area contributed by atoms with Gasteiger partial charge in [0.05, 0.1) is 0 Å². The van der Waals surface area contributed by atoms with Crippen molar-refractivity contribution in [2.24, 2.45) is 0 Å². The monoisotopic (exact) mass is 220 g/mol. The molecule has 10 heavy (non-hydrogen) atoms. The zero-order valence-electron chi connectivity index (χ0n) is 4.99. The first-order valence-corrected chi connectivity index (χ1v) is 2.48. The largest absolute Gasteiger partial charge is 0.147 e. The maximum Gasteiger partial charge on any atom is 0.0405 e. The van der Waals surface area contributed by atoms with E-state index in [0.717, 1.165) is 5.02 Å². The Balaban J connectivity index is -0.000000163. The Morgan fingerprint density at radius 1 is 0.800 bits per heavy atom. The second-order valence-corrected chi connectivity index (χ2v) is 1.73. The molecule has 1 aromatic rings. The minimum Gasteiger partial charge on any atom is -0.147 e. The van der Waals surface area contributed by atoms with E-state index >= 15 is 0 Å². The Bertz CT molecular complexity index is 140. The highest BCUT2D eigenvalue weighted by atomic mass is 35.5. The molecule has 0 saturated carbocycles. The van der Waals surface area contributed by atoms with Crippen LogP contribution in [0.1, 0.15) is 0 Å². The highest BCUT2D eigenvalue weighted by molar-refractivity contribution is 6.30. The van der Waals surface area contributed by atoms with Crippen molar-refractivity contribution in [1.82, 2.24) is 0 Å². The quantitative estimate of drug-likeness (QED) is 0.628. The van der Waals surface area contributed by atoms with E-state index in [1.54, 1.807) is 0 Å². The van der Waals surface area contributed by atoms with E-state index in [9.17, 15) is 0 Å². The lowest BCUT2D eigenvalue weighted by Gasteiger charge is -1.80. The average molecular weight is 222 g/mol. The molecule has 60 valence electrons. The van der Waals surface area contributed by atoms with Gasteiger partial charge in [0.2, 0.25) is 0 Å². The van der Waals surface area contributed by atoms with Crippen molar-refractivity contribution in [2.45, 2.75) is 0 Å². The number of benzene rings is 1. The van der Waals surface area contributed by atoms with E-state index in [0.29, 0.717) is 0 Å². The molecule has 0 amide bonds. The van der Waals surface area contributed by atoms with Crippen LogP contribution < -0.4 is 0 Å². The smallest absolute Gasteiger partial charge is 0.0405 e. The van der Waals surface area contributed by atoms with Crippen LogP contribution in [0.5, 0.6) is 0 Å². The van der Waals surface area contributed by atoms with Gasteiger partial charge in [0.15, 0.2) is 0 Å². The second-order valence-electron chi connectivity index (χ2n) is 1.30. The molecule has 0 fully saturated rings. The third-order valence-corrected chi connectivity index (χ3v) is 0.985. The van der Waals surface area contributed by atoms with Crippen molar-refractivity contribution in [3.63, 3.8) is 0 Å². The second kappa shape index (κ2) is 9.38. The molecule has 4 heteroatoms. The van der Waals surface area contributed by atoms with Crippen molar-refractivity contribution >= 4 is 48.8 Å². The molecule has 0 atom stereocenters. The van der Waals surface area contributed by atoms with Crippen molar-refractivity contribution in [2.75, 3.05) is 0 Å². The molecule has 0 aliphatic rings. The summed E-state index contributed by atoms with van der Waals surface area (Å²) in [6.45, 7) is 0. The Morgan fingerprint density at radius 3 is 1.40 bits per heavy atom. The lowest BCUT2D eigenvalue weighted by atomic mass is 10.4. The molecule has 0 bridgehead atoms. The van der Waals surface area contributed by atoms with E-state index in [-0.39, 0.29) is 37.2 Å². The van der Waals surface area contributed by atoms with Crippen molar-refractivity contribution in [3.8, 4) is 0 Å². The number of hydrogen-bond acceptors (Lipinski definition) is 0. The average Bonchev–Trinajstić information content (AvgIpc) is 1.69. The van der Waals surface area contributed by atoms with Crippen LogP contribution in [0.4, 0.5) is 0 Å². The normalized spacial score (nSPS) is 6.10. The fourth-order valence-corrected chi connectivity index (χ4v) is 0.560. The van der Waals surface area contributed by atoms with Gasteiger partial charge in [-0.2, -0.15) is 0 Å². The Hall–Kier alpha value is 0.380. The van der Waals surface area contributed by atoms with Gasteiger partial charge >= 0.3 is 0 Å². The molecule has 0 spiro atoms. The number of hydrogen-bond donors (Lipinski definition) is 0. The van der Waals surface area contributed by atoms with E-state index in [1.807, 2.05) is 30.3 Å². The zero-order valence-corrected chi connectivity index (χ0v) is 8.19. The Kier molecular flexibility index (Phi) is 15.7. The highest BCUT2D eigenvalue weighted by Crippen LogP contribution is 2.03. The first-order valence-electron chi connectivity index (χ1n) is 2.10. The first-order chi connectivity index (χ1) is 3.39. The molecule has 0 aromatic heterocycles. The maximum atomic E-state index is 5.54. The van der Waals surface area contributed by atoms with Crippen molar-refractivity contribution in [1.29, 1.82) is 0 Å². The summed E-state index contributed by atoms with van der Waals surface area (Å²) in [5.74, 6) is 0. The molecule has 0 unspecified atom stereocenters. The summed E-state index contributed by atoms with van der Waals surface area (Å²) in [7, 11) is 0. The topological polar surface area (TPSA) is 0 Å². The summed E-state index contributed by atoms with van der Waals surface area (Å²) < 4.78 is 0. The predicted molar refractivity (Wildman–Crippen MR) is 53.2 cm³/mol. The molecular formula is C6H8Cl4. The van der Waals surface area contributed by atoms with Gasteiger partial charge < -0.3 is 0 Å². The van der Waals surface area contributed by atoms with Crippen LogP contribution >= 0.6 is 48.8 Å². The van der Waals surface area contributed by atoms with Crippen LogP contribution in [0.25, 0.3) is 0 Å². The van der Waals surface area contributed by atoms with Crippen LogP contribution in [0, 0.1) is 0 Å². The van der Waals surface area contributed by atoms with Gasteiger partial charge in [-0.15, -0.1) is 37.2 Å².